The first-order chi connectivity index (χ1) is 13.2. The van der Waals surface area contributed by atoms with E-state index in [4.69, 9.17) is 19.0 Å². The van der Waals surface area contributed by atoms with Crippen LogP contribution in [0.3, 0.4) is 0 Å². The van der Waals surface area contributed by atoms with Gasteiger partial charge in [-0.1, -0.05) is 41.6 Å². The van der Waals surface area contributed by atoms with Gasteiger partial charge in [0.2, 0.25) is 5.75 Å². The van der Waals surface area contributed by atoms with E-state index in [-0.39, 0.29) is 6.10 Å². The van der Waals surface area contributed by atoms with E-state index in [9.17, 15) is 0 Å². The summed E-state index contributed by atoms with van der Waals surface area (Å²) in [5.41, 5.74) is 2.86. The molecule has 0 radical (unpaired) electrons. The van der Waals surface area contributed by atoms with E-state index >= 15 is 0 Å². The van der Waals surface area contributed by atoms with Crippen molar-refractivity contribution in [1.29, 1.82) is 0 Å². The number of fused-ring (bicyclic) bond motifs is 1. The first-order valence-corrected chi connectivity index (χ1v) is 8.75. The van der Waals surface area contributed by atoms with Gasteiger partial charge >= 0.3 is 0 Å². The van der Waals surface area contributed by atoms with Crippen LogP contribution in [0, 0.1) is 0 Å². The normalized spacial score (nSPS) is 16.0. The van der Waals surface area contributed by atoms with Crippen LogP contribution >= 0.6 is 0 Å². The summed E-state index contributed by atoms with van der Waals surface area (Å²) < 4.78 is 16.3. The minimum atomic E-state index is -0.108. The summed E-state index contributed by atoms with van der Waals surface area (Å²) in [7, 11) is 4.80. The third-order valence-corrected chi connectivity index (χ3v) is 4.81. The topological polar surface area (TPSA) is 49.3 Å². The van der Waals surface area contributed by atoms with Crippen LogP contribution < -0.4 is 14.2 Å². The monoisotopic (exact) mass is 363 g/mol. The minimum absolute atomic E-state index is 0.108. The fourth-order valence-electron chi connectivity index (χ4n) is 3.38. The molecule has 4 rings (SSSR count). The van der Waals surface area contributed by atoms with Crippen molar-refractivity contribution in [3.05, 3.63) is 65.7 Å². The van der Waals surface area contributed by atoms with Crippen LogP contribution in [-0.4, -0.2) is 27.0 Å². The van der Waals surface area contributed by atoms with Gasteiger partial charge in [-0.25, -0.2) is 0 Å². The van der Waals surface area contributed by atoms with Crippen molar-refractivity contribution in [2.75, 3.05) is 21.3 Å². The zero-order chi connectivity index (χ0) is 18.8. The number of hydrogen-bond donors (Lipinski definition) is 0. The van der Waals surface area contributed by atoms with Gasteiger partial charge in [-0.3, -0.25) is 0 Å². The van der Waals surface area contributed by atoms with Crippen molar-refractivity contribution in [2.45, 2.75) is 12.5 Å². The predicted molar refractivity (Wildman–Crippen MR) is 105 cm³/mol. The van der Waals surface area contributed by atoms with Crippen molar-refractivity contribution in [2.24, 2.45) is 5.16 Å². The molecule has 1 aliphatic rings. The number of methoxy groups -OCH3 is 3. The summed E-state index contributed by atoms with van der Waals surface area (Å²) in [6.07, 6.45) is 0.570. The third kappa shape index (κ3) is 3.16. The Labute approximate surface area is 158 Å². The van der Waals surface area contributed by atoms with Gasteiger partial charge in [0, 0.05) is 12.0 Å². The third-order valence-electron chi connectivity index (χ3n) is 4.81. The Balaban J connectivity index is 1.62. The van der Waals surface area contributed by atoms with E-state index in [0.717, 1.165) is 16.8 Å². The Bertz CT molecular complexity index is 987. The van der Waals surface area contributed by atoms with Gasteiger partial charge in [-0.05, 0) is 34.5 Å². The molecule has 0 saturated heterocycles. The molecule has 5 nitrogen and oxygen atoms in total. The van der Waals surface area contributed by atoms with Crippen molar-refractivity contribution in [3.63, 3.8) is 0 Å². The standard InChI is InChI=1S/C22H21NO4/c1-24-20-11-17(12-21(25-2)22(20)26-3)18-13-19(27-23-18)16-9-8-14-6-4-5-7-15(14)10-16/h4-12,19H,13H2,1-3H3. The first-order valence-electron chi connectivity index (χ1n) is 8.75. The highest BCUT2D eigenvalue weighted by molar-refractivity contribution is 6.02. The van der Waals surface area contributed by atoms with Crippen LogP contribution in [0.5, 0.6) is 17.2 Å². The van der Waals surface area contributed by atoms with Crippen LogP contribution in [0.25, 0.3) is 10.8 Å². The fourth-order valence-corrected chi connectivity index (χ4v) is 3.38. The average Bonchev–Trinajstić information content (AvgIpc) is 3.22. The van der Waals surface area contributed by atoms with Crippen LogP contribution in [0.15, 0.2) is 59.8 Å². The van der Waals surface area contributed by atoms with E-state index in [1.807, 2.05) is 24.3 Å². The summed E-state index contributed by atoms with van der Waals surface area (Å²) in [5, 5.41) is 6.72. The van der Waals surface area contributed by atoms with Gasteiger partial charge in [0.15, 0.2) is 17.6 Å². The molecule has 0 fully saturated rings. The van der Waals surface area contributed by atoms with Gasteiger partial charge in [-0.2, -0.15) is 0 Å². The van der Waals surface area contributed by atoms with Crippen molar-refractivity contribution in [3.8, 4) is 17.2 Å². The van der Waals surface area contributed by atoms with Crippen LogP contribution in [0.2, 0.25) is 0 Å². The Morgan fingerprint density at radius 2 is 1.56 bits per heavy atom. The lowest BCUT2D eigenvalue weighted by Crippen LogP contribution is -2.04. The van der Waals surface area contributed by atoms with Gasteiger partial charge in [-0.15, -0.1) is 0 Å². The van der Waals surface area contributed by atoms with E-state index in [1.54, 1.807) is 21.3 Å². The molecule has 1 heterocycles. The molecular weight excluding hydrogens is 342 g/mol. The summed E-state index contributed by atoms with van der Waals surface area (Å²) in [5.74, 6) is 1.77. The SMILES string of the molecule is COc1cc(C2=NOC(c3ccc4ccccc4c3)C2)cc(OC)c1OC. The number of hydrogen-bond acceptors (Lipinski definition) is 5. The molecule has 1 unspecified atom stereocenters. The molecule has 5 heteroatoms. The van der Waals surface area contributed by atoms with Gasteiger partial charge in [0.05, 0.1) is 27.0 Å². The summed E-state index contributed by atoms with van der Waals surface area (Å²) in [6, 6.07) is 18.5. The van der Waals surface area contributed by atoms with E-state index in [1.165, 1.54) is 10.8 Å². The quantitative estimate of drug-likeness (QED) is 0.657. The van der Waals surface area contributed by atoms with Gasteiger partial charge < -0.3 is 19.0 Å². The molecule has 0 amide bonds. The molecule has 1 aliphatic heterocycles. The molecule has 1 atom stereocenters. The summed E-state index contributed by atoms with van der Waals surface area (Å²) >= 11 is 0. The number of benzene rings is 3. The molecule has 138 valence electrons. The smallest absolute Gasteiger partial charge is 0.203 e. The van der Waals surface area contributed by atoms with E-state index < -0.39 is 0 Å². The zero-order valence-corrected chi connectivity index (χ0v) is 15.6. The second-order valence-electron chi connectivity index (χ2n) is 6.36. The van der Waals surface area contributed by atoms with Crippen molar-refractivity contribution < 1.29 is 19.0 Å². The van der Waals surface area contributed by atoms with Crippen LogP contribution in [0.1, 0.15) is 23.7 Å². The molecule has 0 saturated carbocycles. The number of oxime groups is 1. The fraction of sp³-hybridized carbons (Fsp3) is 0.227. The van der Waals surface area contributed by atoms with Crippen molar-refractivity contribution in [1.82, 2.24) is 0 Å². The second-order valence-corrected chi connectivity index (χ2v) is 6.36. The molecule has 0 aromatic heterocycles. The van der Waals surface area contributed by atoms with Gasteiger partial charge in [0.25, 0.3) is 0 Å². The summed E-state index contributed by atoms with van der Waals surface area (Å²) in [4.78, 5) is 5.73. The zero-order valence-electron chi connectivity index (χ0n) is 15.6. The van der Waals surface area contributed by atoms with Crippen LogP contribution in [-0.2, 0) is 4.84 Å². The average molecular weight is 363 g/mol. The Kier molecular flexibility index (Phi) is 4.59. The predicted octanol–water partition coefficient (Wildman–Crippen LogP) is 4.73. The van der Waals surface area contributed by atoms with E-state index in [0.29, 0.717) is 23.7 Å². The lowest BCUT2D eigenvalue weighted by atomic mass is 9.98. The molecule has 0 bridgehead atoms. The first kappa shape index (κ1) is 17.2. The molecule has 0 spiro atoms. The molecule has 3 aromatic carbocycles. The van der Waals surface area contributed by atoms with Crippen molar-refractivity contribution >= 4 is 16.5 Å². The molecule has 3 aromatic rings. The molecule has 0 N–H and O–H groups in total. The maximum absolute atomic E-state index is 5.73. The lowest BCUT2D eigenvalue weighted by molar-refractivity contribution is 0.0858. The summed E-state index contributed by atoms with van der Waals surface area (Å²) in [6.45, 7) is 0. The Morgan fingerprint density at radius 3 is 2.22 bits per heavy atom. The minimum Gasteiger partial charge on any atom is -0.493 e. The Morgan fingerprint density at radius 1 is 0.852 bits per heavy atom. The van der Waals surface area contributed by atoms with E-state index in [2.05, 4.69) is 35.5 Å². The largest absolute Gasteiger partial charge is 0.493 e. The number of ether oxygens (including phenoxy) is 3. The molecule has 0 aliphatic carbocycles. The maximum atomic E-state index is 5.73. The highest BCUT2D eigenvalue weighted by Gasteiger charge is 2.26. The molecule has 27 heavy (non-hydrogen) atoms. The lowest BCUT2D eigenvalue weighted by Gasteiger charge is -2.14. The second kappa shape index (κ2) is 7.19. The van der Waals surface area contributed by atoms with Gasteiger partial charge in [0.1, 0.15) is 0 Å². The number of nitrogens with zero attached hydrogens (tertiary/aromatic N) is 1. The Hall–Kier alpha value is -3.21. The highest BCUT2D eigenvalue weighted by Crippen LogP contribution is 2.40. The number of rotatable bonds is 5. The molecular formula is C22H21NO4. The highest BCUT2D eigenvalue weighted by atomic mass is 16.6. The van der Waals surface area contributed by atoms with Crippen LogP contribution in [0.4, 0.5) is 0 Å². The maximum Gasteiger partial charge on any atom is 0.203 e.